The molecule has 1 unspecified atom stereocenters. The zero-order valence-corrected chi connectivity index (χ0v) is 11.2. The van der Waals surface area contributed by atoms with Crippen LogP contribution in [-0.2, 0) is 6.54 Å². The second kappa shape index (κ2) is 5.69. The molecule has 3 heteroatoms. The normalized spacial score (nSPS) is 20.6. The summed E-state index contributed by atoms with van der Waals surface area (Å²) in [6.07, 6.45) is 2.61. The summed E-state index contributed by atoms with van der Waals surface area (Å²) >= 11 is 0. The predicted molar refractivity (Wildman–Crippen MR) is 70.0 cm³/mol. The SMILES string of the molecule is Cc1ccc(CNC(C)C2CCN(C)CC2)o1. The van der Waals surface area contributed by atoms with E-state index in [2.05, 4.69) is 30.3 Å². The molecule has 1 fully saturated rings. The summed E-state index contributed by atoms with van der Waals surface area (Å²) in [4.78, 5) is 2.42. The van der Waals surface area contributed by atoms with Crippen molar-refractivity contribution < 1.29 is 4.42 Å². The Labute approximate surface area is 104 Å². The first-order chi connectivity index (χ1) is 8.15. The summed E-state index contributed by atoms with van der Waals surface area (Å²) < 4.78 is 5.57. The van der Waals surface area contributed by atoms with Crippen molar-refractivity contribution in [2.75, 3.05) is 20.1 Å². The minimum absolute atomic E-state index is 0.578. The van der Waals surface area contributed by atoms with Gasteiger partial charge in [0.2, 0.25) is 0 Å². The van der Waals surface area contributed by atoms with Crippen molar-refractivity contribution in [3.05, 3.63) is 23.7 Å². The van der Waals surface area contributed by atoms with E-state index in [9.17, 15) is 0 Å². The molecular formula is C14H24N2O. The Morgan fingerprint density at radius 1 is 1.41 bits per heavy atom. The van der Waals surface area contributed by atoms with Gasteiger partial charge < -0.3 is 14.6 Å². The van der Waals surface area contributed by atoms with Gasteiger partial charge in [0.1, 0.15) is 11.5 Å². The van der Waals surface area contributed by atoms with Crippen LogP contribution in [0.5, 0.6) is 0 Å². The lowest BCUT2D eigenvalue weighted by Gasteiger charge is -2.33. The van der Waals surface area contributed by atoms with Crippen molar-refractivity contribution in [1.82, 2.24) is 10.2 Å². The van der Waals surface area contributed by atoms with Crippen LogP contribution in [0, 0.1) is 12.8 Å². The van der Waals surface area contributed by atoms with Crippen molar-refractivity contribution in [2.45, 2.75) is 39.3 Å². The number of hydrogen-bond donors (Lipinski definition) is 1. The Morgan fingerprint density at radius 3 is 2.71 bits per heavy atom. The third kappa shape index (κ3) is 3.58. The maximum Gasteiger partial charge on any atom is 0.117 e. The first-order valence-corrected chi connectivity index (χ1v) is 6.62. The molecule has 96 valence electrons. The van der Waals surface area contributed by atoms with Crippen molar-refractivity contribution in [3.8, 4) is 0 Å². The Kier molecular flexibility index (Phi) is 4.24. The largest absolute Gasteiger partial charge is 0.465 e. The van der Waals surface area contributed by atoms with E-state index in [0.29, 0.717) is 6.04 Å². The molecule has 0 amide bonds. The number of nitrogens with one attached hydrogen (secondary N) is 1. The summed E-state index contributed by atoms with van der Waals surface area (Å²) in [7, 11) is 2.21. The number of aryl methyl sites for hydroxylation is 1. The fraction of sp³-hybridized carbons (Fsp3) is 0.714. The Balaban J connectivity index is 1.75. The van der Waals surface area contributed by atoms with Gasteiger partial charge in [0.25, 0.3) is 0 Å². The van der Waals surface area contributed by atoms with Crippen molar-refractivity contribution in [1.29, 1.82) is 0 Å². The van der Waals surface area contributed by atoms with Gasteiger partial charge in [-0.05, 0) is 64.9 Å². The second-order valence-corrected chi connectivity index (χ2v) is 5.32. The summed E-state index contributed by atoms with van der Waals surface area (Å²) in [5, 5.41) is 3.58. The predicted octanol–water partition coefficient (Wildman–Crippen LogP) is 2.41. The van der Waals surface area contributed by atoms with Gasteiger partial charge in [0.05, 0.1) is 6.54 Å². The van der Waals surface area contributed by atoms with E-state index in [1.807, 2.05) is 13.0 Å². The maximum atomic E-state index is 5.57. The number of furan rings is 1. The van der Waals surface area contributed by atoms with Crippen LogP contribution in [0.1, 0.15) is 31.3 Å². The number of rotatable bonds is 4. The molecule has 0 aromatic carbocycles. The van der Waals surface area contributed by atoms with E-state index in [-0.39, 0.29) is 0 Å². The van der Waals surface area contributed by atoms with Crippen LogP contribution >= 0.6 is 0 Å². The van der Waals surface area contributed by atoms with Gasteiger partial charge in [-0.3, -0.25) is 0 Å². The minimum Gasteiger partial charge on any atom is -0.465 e. The number of piperidine rings is 1. The quantitative estimate of drug-likeness (QED) is 0.870. The molecule has 1 aliphatic heterocycles. The number of likely N-dealkylation sites (tertiary alicyclic amines) is 1. The Hall–Kier alpha value is -0.800. The van der Waals surface area contributed by atoms with Crippen LogP contribution in [0.25, 0.3) is 0 Å². The Bertz CT molecular complexity index is 340. The average Bonchev–Trinajstić information content (AvgIpc) is 2.73. The minimum atomic E-state index is 0.578. The van der Waals surface area contributed by atoms with E-state index in [1.54, 1.807) is 0 Å². The van der Waals surface area contributed by atoms with Gasteiger partial charge in [-0.1, -0.05) is 0 Å². The molecular weight excluding hydrogens is 212 g/mol. The average molecular weight is 236 g/mol. The van der Waals surface area contributed by atoms with Gasteiger partial charge in [-0.15, -0.1) is 0 Å². The molecule has 3 nitrogen and oxygen atoms in total. The molecule has 1 atom stereocenters. The lowest BCUT2D eigenvalue weighted by molar-refractivity contribution is 0.188. The van der Waals surface area contributed by atoms with Crippen molar-refractivity contribution in [3.63, 3.8) is 0 Å². The molecule has 0 aliphatic carbocycles. The first-order valence-electron chi connectivity index (χ1n) is 6.62. The van der Waals surface area contributed by atoms with Crippen LogP contribution in [-0.4, -0.2) is 31.1 Å². The second-order valence-electron chi connectivity index (χ2n) is 5.32. The molecule has 1 saturated heterocycles. The number of nitrogens with zero attached hydrogens (tertiary/aromatic N) is 1. The van der Waals surface area contributed by atoms with Gasteiger partial charge in [0, 0.05) is 6.04 Å². The molecule has 1 aliphatic rings. The highest BCUT2D eigenvalue weighted by Crippen LogP contribution is 2.20. The first kappa shape index (κ1) is 12.7. The Morgan fingerprint density at radius 2 is 2.12 bits per heavy atom. The fourth-order valence-corrected chi connectivity index (χ4v) is 2.54. The highest BCUT2D eigenvalue weighted by atomic mass is 16.3. The molecule has 0 radical (unpaired) electrons. The van der Waals surface area contributed by atoms with E-state index in [1.165, 1.54) is 25.9 Å². The topological polar surface area (TPSA) is 28.4 Å². The van der Waals surface area contributed by atoms with Gasteiger partial charge in [-0.2, -0.15) is 0 Å². The monoisotopic (exact) mass is 236 g/mol. The molecule has 0 saturated carbocycles. The van der Waals surface area contributed by atoms with E-state index >= 15 is 0 Å². The summed E-state index contributed by atoms with van der Waals surface area (Å²) in [5.41, 5.74) is 0. The molecule has 0 spiro atoms. The highest BCUT2D eigenvalue weighted by molar-refractivity contribution is 5.05. The number of hydrogen-bond acceptors (Lipinski definition) is 3. The van der Waals surface area contributed by atoms with E-state index in [0.717, 1.165) is 24.0 Å². The van der Waals surface area contributed by atoms with Gasteiger partial charge >= 0.3 is 0 Å². The zero-order chi connectivity index (χ0) is 12.3. The van der Waals surface area contributed by atoms with Crippen LogP contribution < -0.4 is 5.32 Å². The van der Waals surface area contributed by atoms with Crippen molar-refractivity contribution >= 4 is 0 Å². The molecule has 0 bridgehead atoms. The smallest absolute Gasteiger partial charge is 0.117 e. The molecule has 2 rings (SSSR count). The lowest BCUT2D eigenvalue weighted by atomic mass is 9.90. The molecule has 1 aromatic rings. The summed E-state index contributed by atoms with van der Waals surface area (Å²) in [6.45, 7) is 7.60. The van der Waals surface area contributed by atoms with E-state index < -0.39 is 0 Å². The van der Waals surface area contributed by atoms with Gasteiger partial charge in [-0.25, -0.2) is 0 Å². The maximum absolute atomic E-state index is 5.57. The summed E-state index contributed by atoms with van der Waals surface area (Å²) in [6, 6.07) is 4.66. The van der Waals surface area contributed by atoms with Crippen LogP contribution in [0.3, 0.4) is 0 Å². The zero-order valence-electron chi connectivity index (χ0n) is 11.2. The fourth-order valence-electron chi connectivity index (χ4n) is 2.54. The van der Waals surface area contributed by atoms with Crippen molar-refractivity contribution in [2.24, 2.45) is 5.92 Å². The van der Waals surface area contributed by atoms with Crippen LogP contribution in [0.2, 0.25) is 0 Å². The molecule has 1 N–H and O–H groups in total. The third-order valence-corrected chi connectivity index (χ3v) is 3.86. The standard InChI is InChI=1S/C14H24N2O/c1-11-4-5-14(17-11)10-15-12(2)13-6-8-16(3)9-7-13/h4-5,12-13,15H,6-10H2,1-3H3. The molecule has 2 heterocycles. The third-order valence-electron chi connectivity index (χ3n) is 3.86. The summed E-state index contributed by atoms with van der Waals surface area (Å²) in [5.74, 6) is 2.85. The lowest BCUT2D eigenvalue weighted by Crippen LogP contribution is -2.40. The van der Waals surface area contributed by atoms with Crippen LogP contribution in [0.4, 0.5) is 0 Å². The highest BCUT2D eigenvalue weighted by Gasteiger charge is 2.21. The van der Waals surface area contributed by atoms with Gasteiger partial charge in [0.15, 0.2) is 0 Å². The molecule has 1 aromatic heterocycles. The van der Waals surface area contributed by atoms with E-state index in [4.69, 9.17) is 4.42 Å². The van der Waals surface area contributed by atoms with Crippen LogP contribution in [0.15, 0.2) is 16.5 Å². The molecule has 17 heavy (non-hydrogen) atoms.